The van der Waals surface area contributed by atoms with Crippen LogP contribution in [-0.4, -0.2) is 72.3 Å². The minimum absolute atomic E-state index is 0.0500. The number of furan rings is 1. The second kappa shape index (κ2) is 6.20. The van der Waals surface area contributed by atoms with Gasteiger partial charge in [0.2, 0.25) is 5.91 Å². The summed E-state index contributed by atoms with van der Waals surface area (Å²) in [5, 5.41) is 0. The zero-order valence-electron chi connectivity index (χ0n) is 13.9. The first kappa shape index (κ1) is 15.8. The van der Waals surface area contributed by atoms with Crippen molar-refractivity contribution in [3.63, 3.8) is 0 Å². The smallest absolute Gasteiger partial charge is 0.289 e. The number of hydrogen-bond acceptors (Lipinski definition) is 4. The lowest BCUT2D eigenvalue weighted by Crippen LogP contribution is -2.70. The number of amides is 2. The quantitative estimate of drug-likeness (QED) is 0.781. The van der Waals surface area contributed by atoms with E-state index in [1.54, 1.807) is 23.1 Å². The van der Waals surface area contributed by atoms with E-state index >= 15 is 0 Å². The molecule has 0 N–H and O–H groups in total. The third-order valence-corrected chi connectivity index (χ3v) is 4.42. The number of hydrogen-bond donors (Lipinski definition) is 0. The summed E-state index contributed by atoms with van der Waals surface area (Å²) in [4.78, 5) is 30.4. The molecule has 23 heavy (non-hydrogen) atoms. The Bertz CT molecular complexity index is 623. The fraction of sp³-hybridized carbons (Fsp3) is 0.529. The highest BCUT2D eigenvalue weighted by Crippen LogP contribution is 2.33. The highest BCUT2D eigenvalue weighted by molar-refractivity contribution is 5.93. The summed E-state index contributed by atoms with van der Waals surface area (Å²) in [6.07, 6.45) is 4.51. The van der Waals surface area contributed by atoms with Crippen molar-refractivity contribution in [2.45, 2.75) is 25.4 Å². The fourth-order valence-corrected chi connectivity index (χ4v) is 3.29. The molecule has 1 aromatic rings. The van der Waals surface area contributed by atoms with Crippen LogP contribution in [0.25, 0.3) is 0 Å². The van der Waals surface area contributed by atoms with Crippen molar-refractivity contribution in [3.8, 4) is 0 Å². The number of piperazine rings is 1. The number of carbonyl (C=O) groups excluding carboxylic acids is 2. The number of likely N-dealkylation sites (N-methyl/N-ethyl adjacent to an activating group) is 1. The Hall–Kier alpha value is -2.08. The molecule has 2 atom stereocenters. The molecule has 3 aliphatic heterocycles. The van der Waals surface area contributed by atoms with Gasteiger partial charge in [-0.2, -0.15) is 0 Å². The van der Waals surface area contributed by atoms with E-state index in [9.17, 15) is 9.59 Å². The molecule has 3 saturated heterocycles. The van der Waals surface area contributed by atoms with Crippen molar-refractivity contribution in [2.24, 2.45) is 0 Å². The van der Waals surface area contributed by atoms with E-state index in [2.05, 4.69) is 0 Å². The van der Waals surface area contributed by atoms with Gasteiger partial charge < -0.3 is 19.1 Å². The average Bonchev–Trinajstić information content (AvgIpc) is 2.92. The summed E-state index contributed by atoms with van der Waals surface area (Å²) in [5.74, 6) is 1.09. The van der Waals surface area contributed by atoms with Crippen LogP contribution in [0.15, 0.2) is 28.7 Å². The molecular weight excluding hydrogens is 294 g/mol. The van der Waals surface area contributed by atoms with Gasteiger partial charge in [0, 0.05) is 25.7 Å². The standard InChI is InChI=1S/C17H23N3O3/c1-12-6-7-15(23-12)17(22)19-10-13-9-14(11-19)20(13)16(21)5-4-8-18(2)3/h4-7,13-14H,8-11H2,1-3H3/b5-4+. The van der Waals surface area contributed by atoms with Gasteiger partial charge in [0.1, 0.15) is 5.76 Å². The lowest BCUT2D eigenvalue weighted by molar-refractivity contribution is -0.146. The van der Waals surface area contributed by atoms with Gasteiger partial charge in [0.05, 0.1) is 12.1 Å². The number of nitrogens with zero attached hydrogens (tertiary/aromatic N) is 3. The molecule has 4 rings (SSSR count). The maximum Gasteiger partial charge on any atom is 0.289 e. The van der Waals surface area contributed by atoms with Crippen LogP contribution < -0.4 is 0 Å². The summed E-state index contributed by atoms with van der Waals surface area (Å²) in [5.41, 5.74) is 0. The number of rotatable bonds is 4. The molecule has 0 radical (unpaired) electrons. The van der Waals surface area contributed by atoms with Gasteiger partial charge in [0.15, 0.2) is 5.76 Å². The average molecular weight is 317 g/mol. The summed E-state index contributed by atoms with van der Waals surface area (Å²) < 4.78 is 5.41. The van der Waals surface area contributed by atoms with Crippen LogP contribution >= 0.6 is 0 Å². The largest absolute Gasteiger partial charge is 0.456 e. The van der Waals surface area contributed by atoms with Crippen molar-refractivity contribution in [1.82, 2.24) is 14.7 Å². The molecule has 2 amide bonds. The SMILES string of the molecule is Cc1ccc(C(=O)N2CC3CC(C2)N3C(=O)/C=C/CN(C)C)o1. The van der Waals surface area contributed by atoms with Crippen LogP contribution in [0, 0.1) is 6.92 Å². The van der Waals surface area contributed by atoms with Gasteiger partial charge >= 0.3 is 0 Å². The molecule has 0 aromatic carbocycles. The molecule has 1 aromatic heterocycles. The Morgan fingerprint density at radius 3 is 2.57 bits per heavy atom. The Morgan fingerprint density at radius 2 is 2.00 bits per heavy atom. The lowest BCUT2D eigenvalue weighted by Gasteiger charge is -2.55. The number of fused-ring (bicyclic) bond motifs is 2. The van der Waals surface area contributed by atoms with Crippen LogP contribution in [0.3, 0.4) is 0 Å². The minimum atomic E-state index is -0.0805. The highest BCUT2D eigenvalue weighted by atomic mass is 16.3. The van der Waals surface area contributed by atoms with E-state index < -0.39 is 0 Å². The number of aryl methyl sites for hydroxylation is 1. The predicted octanol–water partition coefficient (Wildman–Crippen LogP) is 1.13. The zero-order valence-corrected chi connectivity index (χ0v) is 13.9. The van der Waals surface area contributed by atoms with Gasteiger partial charge in [-0.1, -0.05) is 6.08 Å². The normalized spacial score (nSPS) is 23.5. The molecule has 0 saturated carbocycles. The molecule has 4 heterocycles. The molecule has 6 nitrogen and oxygen atoms in total. The Balaban J connectivity index is 1.58. The predicted molar refractivity (Wildman–Crippen MR) is 86.1 cm³/mol. The maximum absolute atomic E-state index is 12.4. The van der Waals surface area contributed by atoms with Gasteiger partial charge in [-0.15, -0.1) is 0 Å². The molecule has 124 valence electrons. The zero-order chi connectivity index (χ0) is 16.6. The van der Waals surface area contributed by atoms with E-state index in [0.29, 0.717) is 18.8 Å². The Morgan fingerprint density at radius 1 is 1.30 bits per heavy atom. The molecule has 2 unspecified atom stereocenters. The van der Waals surface area contributed by atoms with E-state index in [0.717, 1.165) is 18.7 Å². The molecule has 3 fully saturated rings. The van der Waals surface area contributed by atoms with Crippen molar-refractivity contribution in [3.05, 3.63) is 35.8 Å². The molecule has 6 heteroatoms. The number of carbonyl (C=O) groups is 2. The third kappa shape index (κ3) is 3.17. The van der Waals surface area contributed by atoms with Crippen molar-refractivity contribution in [1.29, 1.82) is 0 Å². The van der Waals surface area contributed by atoms with E-state index in [1.807, 2.05) is 36.9 Å². The lowest BCUT2D eigenvalue weighted by atomic mass is 9.87. The first-order chi connectivity index (χ1) is 11.0. The Labute approximate surface area is 136 Å². The number of piperidine rings is 1. The summed E-state index contributed by atoms with van der Waals surface area (Å²) in [6, 6.07) is 3.77. The molecule has 0 spiro atoms. The maximum atomic E-state index is 12.4. The molecule has 2 bridgehead atoms. The summed E-state index contributed by atoms with van der Waals surface area (Å²) in [7, 11) is 3.93. The van der Waals surface area contributed by atoms with Gasteiger partial charge in [0.25, 0.3) is 5.91 Å². The fourth-order valence-electron chi connectivity index (χ4n) is 3.29. The monoisotopic (exact) mass is 317 g/mol. The van der Waals surface area contributed by atoms with E-state index in [-0.39, 0.29) is 23.9 Å². The van der Waals surface area contributed by atoms with Crippen molar-refractivity contribution < 1.29 is 14.0 Å². The van der Waals surface area contributed by atoms with Crippen LogP contribution in [0.1, 0.15) is 22.7 Å². The van der Waals surface area contributed by atoms with Gasteiger partial charge in [-0.05, 0) is 39.6 Å². The van der Waals surface area contributed by atoms with E-state index in [1.165, 1.54) is 0 Å². The minimum Gasteiger partial charge on any atom is -0.456 e. The Kier molecular flexibility index (Phi) is 4.26. The first-order valence-electron chi connectivity index (χ1n) is 7.95. The molecule has 0 aliphatic carbocycles. The topological polar surface area (TPSA) is 57.0 Å². The molecule has 3 aliphatic rings. The molecular formula is C17H23N3O3. The van der Waals surface area contributed by atoms with Crippen molar-refractivity contribution in [2.75, 3.05) is 33.7 Å². The highest BCUT2D eigenvalue weighted by Gasteiger charge is 2.47. The second-order valence-corrected chi connectivity index (χ2v) is 6.57. The van der Waals surface area contributed by atoms with Gasteiger partial charge in [-0.3, -0.25) is 9.59 Å². The summed E-state index contributed by atoms with van der Waals surface area (Å²) >= 11 is 0. The second-order valence-electron chi connectivity index (χ2n) is 6.57. The van der Waals surface area contributed by atoms with Crippen LogP contribution in [0.2, 0.25) is 0 Å². The van der Waals surface area contributed by atoms with Crippen molar-refractivity contribution >= 4 is 11.8 Å². The first-order valence-corrected chi connectivity index (χ1v) is 7.95. The van der Waals surface area contributed by atoms with E-state index in [4.69, 9.17) is 4.42 Å². The van der Waals surface area contributed by atoms with Crippen LogP contribution in [0.5, 0.6) is 0 Å². The van der Waals surface area contributed by atoms with Crippen LogP contribution in [0.4, 0.5) is 0 Å². The third-order valence-electron chi connectivity index (χ3n) is 4.42. The summed E-state index contributed by atoms with van der Waals surface area (Å²) in [6.45, 7) is 3.74. The van der Waals surface area contributed by atoms with Crippen LogP contribution in [-0.2, 0) is 4.79 Å². The van der Waals surface area contributed by atoms with Gasteiger partial charge in [-0.25, -0.2) is 0 Å².